The van der Waals surface area contributed by atoms with Crippen molar-refractivity contribution in [3.05, 3.63) is 59.2 Å². The first kappa shape index (κ1) is 18.5. The Morgan fingerprint density at radius 3 is 2.40 bits per heavy atom. The Kier molecular flexibility index (Phi) is 5.48. The maximum atomic E-state index is 12.5. The second kappa shape index (κ2) is 7.40. The second-order valence-electron chi connectivity index (χ2n) is 5.39. The molecule has 0 amide bonds. The van der Waals surface area contributed by atoms with Crippen LogP contribution < -0.4 is 8.92 Å². The molecule has 0 saturated heterocycles. The first-order valence-corrected chi connectivity index (χ1v) is 8.74. The summed E-state index contributed by atoms with van der Waals surface area (Å²) in [6, 6.07) is 9.40. The zero-order valence-corrected chi connectivity index (χ0v) is 14.8. The van der Waals surface area contributed by atoms with Gasteiger partial charge in [-0.15, -0.1) is 0 Å². The van der Waals surface area contributed by atoms with E-state index in [9.17, 15) is 13.2 Å². The van der Waals surface area contributed by atoms with Gasteiger partial charge in [-0.3, -0.25) is 0 Å². The molecule has 132 valence electrons. The van der Waals surface area contributed by atoms with Crippen LogP contribution in [-0.4, -0.2) is 26.6 Å². The molecular weight excluding hydrogens is 344 g/mol. The van der Waals surface area contributed by atoms with Gasteiger partial charge in [0, 0.05) is 6.08 Å². The van der Waals surface area contributed by atoms with Crippen LogP contribution in [0, 0.1) is 13.8 Å². The molecule has 1 N–H and O–H groups in total. The topological polar surface area (TPSA) is 89.9 Å². The van der Waals surface area contributed by atoms with Crippen LogP contribution >= 0.6 is 0 Å². The summed E-state index contributed by atoms with van der Waals surface area (Å²) in [4.78, 5) is 10.7. The van der Waals surface area contributed by atoms with Crippen LogP contribution in [-0.2, 0) is 14.9 Å². The van der Waals surface area contributed by atoms with Crippen molar-refractivity contribution < 1.29 is 27.2 Å². The van der Waals surface area contributed by atoms with Crippen LogP contribution in [0.15, 0.2) is 47.4 Å². The lowest BCUT2D eigenvalue weighted by molar-refractivity contribution is -0.131. The van der Waals surface area contributed by atoms with E-state index in [0.717, 1.165) is 11.6 Å². The third kappa shape index (κ3) is 4.60. The molecule has 0 atom stereocenters. The Bertz CT molecular complexity index is 929. The summed E-state index contributed by atoms with van der Waals surface area (Å²) in [6.45, 7) is 3.57. The fourth-order valence-electron chi connectivity index (χ4n) is 2.27. The lowest BCUT2D eigenvalue weighted by atomic mass is 10.2. The van der Waals surface area contributed by atoms with Crippen molar-refractivity contribution in [3.8, 4) is 11.5 Å². The van der Waals surface area contributed by atoms with Crippen LogP contribution in [0.5, 0.6) is 11.5 Å². The molecule has 0 aromatic heterocycles. The Hall–Kier alpha value is -2.80. The molecular formula is C18H18O6S. The molecule has 2 aromatic carbocycles. The van der Waals surface area contributed by atoms with E-state index < -0.39 is 16.1 Å². The van der Waals surface area contributed by atoms with Gasteiger partial charge in [0.05, 0.1) is 7.11 Å². The average molecular weight is 362 g/mol. The number of carbonyl (C=O) groups is 1. The minimum atomic E-state index is -4.02. The fraction of sp³-hybridized carbons (Fsp3) is 0.167. The molecule has 0 unspecified atom stereocenters. The van der Waals surface area contributed by atoms with E-state index in [0.29, 0.717) is 11.1 Å². The van der Waals surface area contributed by atoms with Crippen LogP contribution in [0.3, 0.4) is 0 Å². The van der Waals surface area contributed by atoms with Gasteiger partial charge in [0.15, 0.2) is 11.5 Å². The van der Waals surface area contributed by atoms with E-state index in [2.05, 4.69) is 0 Å². The minimum Gasteiger partial charge on any atom is -0.493 e. The maximum Gasteiger partial charge on any atom is 0.339 e. The number of rotatable bonds is 6. The summed E-state index contributed by atoms with van der Waals surface area (Å²) in [5.41, 5.74) is 2.07. The molecule has 0 fully saturated rings. The predicted molar refractivity (Wildman–Crippen MR) is 93.4 cm³/mol. The summed E-state index contributed by atoms with van der Waals surface area (Å²) in [7, 11) is -2.65. The predicted octanol–water partition coefficient (Wildman–Crippen LogP) is 3.18. The van der Waals surface area contributed by atoms with E-state index in [1.54, 1.807) is 19.1 Å². The smallest absolute Gasteiger partial charge is 0.339 e. The Morgan fingerprint density at radius 1 is 1.08 bits per heavy atom. The van der Waals surface area contributed by atoms with Crippen molar-refractivity contribution in [2.75, 3.05) is 7.11 Å². The van der Waals surface area contributed by atoms with Gasteiger partial charge in [0.1, 0.15) is 4.90 Å². The first-order chi connectivity index (χ1) is 11.7. The molecule has 25 heavy (non-hydrogen) atoms. The van der Waals surface area contributed by atoms with Gasteiger partial charge in [0.25, 0.3) is 0 Å². The Balaban J connectivity index is 2.37. The van der Waals surface area contributed by atoms with Crippen molar-refractivity contribution in [2.45, 2.75) is 18.7 Å². The lowest BCUT2D eigenvalue weighted by Crippen LogP contribution is -2.12. The van der Waals surface area contributed by atoms with Crippen molar-refractivity contribution in [1.29, 1.82) is 0 Å². The summed E-state index contributed by atoms with van der Waals surface area (Å²) in [5.74, 6) is -0.882. The highest BCUT2D eigenvalue weighted by atomic mass is 32.2. The molecule has 0 spiro atoms. The van der Waals surface area contributed by atoms with Crippen LogP contribution in [0.25, 0.3) is 6.08 Å². The quantitative estimate of drug-likeness (QED) is 0.627. The number of hydrogen-bond acceptors (Lipinski definition) is 5. The van der Waals surface area contributed by atoms with Gasteiger partial charge in [0.2, 0.25) is 0 Å². The first-order valence-electron chi connectivity index (χ1n) is 7.34. The Morgan fingerprint density at radius 2 is 1.80 bits per heavy atom. The van der Waals surface area contributed by atoms with E-state index in [-0.39, 0.29) is 16.4 Å². The van der Waals surface area contributed by atoms with Gasteiger partial charge in [-0.25, -0.2) is 4.79 Å². The zero-order chi connectivity index (χ0) is 18.6. The number of aliphatic carboxylic acids is 1. The molecule has 7 heteroatoms. The molecule has 0 heterocycles. The minimum absolute atomic E-state index is 0.0231. The summed E-state index contributed by atoms with van der Waals surface area (Å²) >= 11 is 0. The largest absolute Gasteiger partial charge is 0.493 e. The second-order valence-corrected chi connectivity index (χ2v) is 6.90. The van der Waals surface area contributed by atoms with E-state index in [1.165, 1.54) is 37.5 Å². The molecule has 0 aliphatic carbocycles. The number of benzene rings is 2. The molecule has 2 aromatic rings. The maximum absolute atomic E-state index is 12.5. The molecule has 0 bridgehead atoms. The monoisotopic (exact) mass is 362 g/mol. The zero-order valence-electron chi connectivity index (χ0n) is 14.0. The van der Waals surface area contributed by atoms with Gasteiger partial charge in [-0.2, -0.15) is 8.42 Å². The number of carboxylic acids is 1. The highest BCUT2D eigenvalue weighted by molar-refractivity contribution is 7.87. The van der Waals surface area contributed by atoms with E-state index in [1.807, 2.05) is 6.92 Å². The summed E-state index contributed by atoms with van der Waals surface area (Å²) in [6.07, 6.45) is 2.34. The molecule has 2 rings (SSSR count). The molecule has 0 aliphatic rings. The van der Waals surface area contributed by atoms with Crippen molar-refractivity contribution in [1.82, 2.24) is 0 Å². The van der Waals surface area contributed by atoms with Crippen LogP contribution in [0.2, 0.25) is 0 Å². The summed E-state index contributed by atoms with van der Waals surface area (Å²) in [5, 5.41) is 8.66. The van der Waals surface area contributed by atoms with Crippen molar-refractivity contribution in [3.63, 3.8) is 0 Å². The van der Waals surface area contributed by atoms with Crippen molar-refractivity contribution in [2.24, 2.45) is 0 Å². The van der Waals surface area contributed by atoms with E-state index >= 15 is 0 Å². The van der Waals surface area contributed by atoms with Crippen LogP contribution in [0.4, 0.5) is 0 Å². The fourth-order valence-corrected chi connectivity index (χ4v) is 3.42. The molecule has 0 aliphatic heterocycles. The third-order valence-electron chi connectivity index (χ3n) is 3.41. The van der Waals surface area contributed by atoms with Crippen molar-refractivity contribution >= 4 is 22.2 Å². The highest BCUT2D eigenvalue weighted by Crippen LogP contribution is 2.32. The van der Waals surface area contributed by atoms with Crippen LogP contribution in [0.1, 0.15) is 16.7 Å². The average Bonchev–Trinajstić information content (AvgIpc) is 2.53. The van der Waals surface area contributed by atoms with Gasteiger partial charge in [-0.1, -0.05) is 23.8 Å². The number of aryl methyl sites for hydroxylation is 2. The Labute approximate surface area is 146 Å². The highest BCUT2D eigenvalue weighted by Gasteiger charge is 2.21. The summed E-state index contributed by atoms with van der Waals surface area (Å²) < 4.78 is 35.4. The third-order valence-corrected chi connectivity index (χ3v) is 4.80. The molecule has 6 nitrogen and oxygen atoms in total. The van der Waals surface area contributed by atoms with Gasteiger partial charge < -0.3 is 14.0 Å². The molecule has 0 saturated carbocycles. The normalized spacial score (nSPS) is 11.5. The van der Waals surface area contributed by atoms with Gasteiger partial charge in [-0.05, 0) is 49.2 Å². The molecule has 0 radical (unpaired) electrons. The number of methoxy groups -OCH3 is 1. The number of carboxylic acid groups (broad SMARTS) is 1. The lowest BCUT2D eigenvalue weighted by Gasteiger charge is -2.13. The SMILES string of the molecule is COc1cc(/C=C/C(=O)O)ccc1OS(=O)(=O)c1ccc(C)cc1C. The van der Waals surface area contributed by atoms with Gasteiger partial charge >= 0.3 is 16.1 Å². The van der Waals surface area contributed by atoms with E-state index in [4.69, 9.17) is 14.0 Å². The standard InChI is InChI=1S/C18H18O6S/c1-12-4-8-17(13(2)10-12)25(21,22)24-15-7-5-14(6-9-18(19)20)11-16(15)23-3/h4-11H,1-3H3,(H,19,20)/b9-6+. The number of hydrogen-bond donors (Lipinski definition) is 1. The number of ether oxygens (including phenoxy) is 1.